The highest BCUT2D eigenvalue weighted by Gasteiger charge is 2.30. The fourth-order valence-corrected chi connectivity index (χ4v) is 2.72. The van der Waals surface area contributed by atoms with Crippen LogP contribution in [0.4, 0.5) is 15.8 Å². The molecule has 3 rings (SSSR count). The van der Waals surface area contributed by atoms with Crippen LogP contribution in [0.2, 0.25) is 0 Å². The molecule has 1 unspecified atom stereocenters. The molecular weight excluding hydrogens is 261 g/mol. The normalized spacial score (nSPS) is 21.9. The molecule has 2 aliphatic heterocycles. The summed E-state index contributed by atoms with van der Waals surface area (Å²) >= 11 is 0. The van der Waals surface area contributed by atoms with E-state index < -0.39 is 0 Å². The molecule has 1 N–H and O–H groups in total. The second-order valence-electron chi connectivity index (χ2n) is 5.15. The van der Waals surface area contributed by atoms with E-state index in [-0.39, 0.29) is 12.0 Å². The molecule has 5 nitrogen and oxygen atoms in total. The van der Waals surface area contributed by atoms with Crippen LogP contribution in [0.5, 0.6) is 5.75 Å². The zero-order chi connectivity index (χ0) is 14.1. The molecule has 1 atom stereocenters. The fourth-order valence-electron chi connectivity index (χ4n) is 2.72. The first-order valence-electron chi connectivity index (χ1n) is 6.88. The highest BCUT2D eigenvalue weighted by Crippen LogP contribution is 2.40. The van der Waals surface area contributed by atoms with Crippen LogP contribution in [-0.4, -0.2) is 53.2 Å². The highest BCUT2D eigenvalue weighted by molar-refractivity contribution is 5.69. The molecular formula is C14H20FN3O2. The van der Waals surface area contributed by atoms with Crippen molar-refractivity contribution in [1.29, 1.82) is 0 Å². The Kier molecular flexibility index (Phi) is 3.67. The van der Waals surface area contributed by atoms with Crippen molar-refractivity contribution in [3.63, 3.8) is 0 Å². The molecule has 1 saturated heterocycles. The summed E-state index contributed by atoms with van der Waals surface area (Å²) in [6, 6.07) is 3.37. The summed E-state index contributed by atoms with van der Waals surface area (Å²) in [6.07, 6.45) is -0.187. The lowest BCUT2D eigenvalue weighted by atomic mass is 10.2. The number of ether oxygens (including phenoxy) is 2. The minimum Gasteiger partial charge on any atom is -0.466 e. The van der Waals surface area contributed by atoms with E-state index in [9.17, 15) is 4.39 Å². The van der Waals surface area contributed by atoms with Crippen molar-refractivity contribution in [2.24, 2.45) is 0 Å². The van der Waals surface area contributed by atoms with Crippen LogP contribution in [-0.2, 0) is 4.74 Å². The Morgan fingerprint density at radius 2 is 2.10 bits per heavy atom. The van der Waals surface area contributed by atoms with Crippen LogP contribution in [0.25, 0.3) is 0 Å². The molecule has 0 spiro atoms. The van der Waals surface area contributed by atoms with Gasteiger partial charge in [0, 0.05) is 52.5 Å². The van der Waals surface area contributed by atoms with Gasteiger partial charge in [-0.15, -0.1) is 0 Å². The van der Waals surface area contributed by atoms with E-state index in [1.54, 1.807) is 13.2 Å². The minimum absolute atomic E-state index is 0.187. The zero-order valence-corrected chi connectivity index (χ0v) is 11.9. The standard InChI is InChI=1S/C14H20FN3O2/c1-17-12-7-10(15)11(18-5-3-16-4-6-18)8-13(12)20-14(17)9-19-2/h7-8,14,16H,3-6,9H2,1-2H3. The van der Waals surface area contributed by atoms with Crippen LogP contribution < -0.4 is 19.9 Å². The number of rotatable bonds is 3. The number of benzene rings is 1. The Labute approximate surface area is 118 Å². The number of piperazine rings is 1. The Morgan fingerprint density at radius 3 is 2.80 bits per heavy atom. The molecule has 2 heterocycles. The van der Waals surface area contributed by atoms with E-state index in [1.165, 1.54) is 0 Å². The summed E-state index contributed by atoms with van der Waals surface area (Å²) in [5, 5.41) is 3.27. The summed E-state index contributed by atoms with van der Waals surface area (Å²) in [5.74, 6) is 0.531. The SMILES string of the molecule is COCC1Oc2cc(N3CCNCC3)c(F)cc2N1C. The number of hydrogen-bond donors (Lipinski definition) is 1. The Morgan fingerprint density at radius 1 is 1.35 bits per heavy atom. The van der Waals surface area contributed by atoms with Gasteiger partial charge in [0.2, 0.25) is 0 Å². The minimum atomic E-state index is -0.195. The maximum atomic E-state index is 14.3. The summed E-state index contributed by atoms with van der Waals surface area (Å²) in [4.78, 5) is 3.96. The largest absolute Gasteiger partial charge is 0.466 e. The van der Waals surface area contributed by atoms with Gasteiger partial charge in [0.25, 0.3) is 0 Å². The molecule has 0 aromatic heterocycles. The van der Waals surface area contributed by atoms with Gasteiger partial charge >= 0.3 is 0 Å². The predicted octanol–water partition coefficient (Wildman–Crippen LogP) is 1.04. The maximum absolute atomic E-state index is 14.3. The van der Waals surface area contributed by atoms with Crippen LogP contribution in [0, 0.1) is 5.82 Å². The average Bonchev–Trinajstić information content (AvgIpc) is 2.76. The number of nitrogens with zero attached hydrogens (tertiary/aromatic N) is 2. The van der Waals surface area contributed by atoms with Crippen LogP contribution in [0.15, 0.2) is 12.1 Å². The third kappa shape index (κ3) is 2.29. The van der Waals surface area contributed by atoms with Gasteiger partial charge in [-0.25, -0.2) is 4.39 Å². The van der Waals surface area contributed by atoms with Gasteiger partial charge in [0.15, 0.2) is 6.23 Å². The van der Waals surface area contributed by atoms with Crippen LogP contribution >= 0.6 is 0 Å². The molecule has 110 valence electrons. The third-order valence-electron chi connectivity index (χ3n) is 3.87. The highest BCUT2D eigenvalue weighted by atomic mass is 19.1. The van der Waals surface area contributed by atoms with Crippen molar-refractivity contribution in [2.75, 3.05) is 56.7 Å². The molecule has 6 heteroatoms. The van der Waals surface area contributed by atoms with Crippen molar-refractivity contribution in [3.8, 4) is 5.75 Å². The molecule has 0 amide bonds. The van der Waals surface area contributed by atoms with E-state index in [1.807, 2.05) is 18.0 Å². The van der Waals surface area contributed by atoms with Gasteiger partial charge in [-0.2, -0.15) is 0 Å². The van der Waals surface area contributed by atoms with Gasteiger partial charge < -0.3 is 24.6 Å². The number of anilines is 2. The fraction of sp³-hybridized carbons (Fsp3) is 0.571. The number of nitrogens with one attached hydrogen (secondary N) is 1. The maximum Gasteiger partial charge on any atom is 0.195 e. The first kappa shape index (κ1) is 13.5. The summed E-state index contributed by atoms with van der Waals surface area (Å²) < 4.78 is 25.3. The monoisotopic (exact) mass is 281 g/mol. The molecule has 1 aromatic carbocycles. The van der Waals surface area contributed by atoms with Crippen molar-refractivity contribution in [3.05, 3.63) is 17.9 Å². The first-order chi connectivity index (χ1) is 9.70. The Hall–Kier alpha value is -1.53. The number of fused-ring (bicyclic) bond motifs is 1. The number of methoxy groups -OCH3 is 1. The average molecular weight is 281 g/mol. The summed E-state index contributed by atoms with van der Waals surface area (Å²) in [5.41, 5.74) is 1.40. The lowest BCUT2D eigenvalue weighted by molar-refractivity contribution is 0.0940. The van der Waals surface area contributed by atoms with Gasteiger partial charge in [-0.05, 0) is 0 Å². The second-order valence-corrected chi connectivity index (χ2v) is 5.15. The van der Waals surface area contributed by atoms with E-state index in [0.717, 1.165) is 37.6 Å². The van der Waals surface area contributed by atoms with E-state index in [0.29, 0.717) is 12.3 Å². The van der Waals surface area contributed by atoms with E-state index >= 15 is 0 Å². The Balaban J connectivity index is 1.88. The molecule has 0 bridgehead atoms. The molecule has 0 radical (unpaired) electrons. The smallest absolute Gasteiger partial charge is 0.195 e. The number of hydrogen-bond acceptors (Lipinski definition) is 5. The number of likely N-dealkylation sites (N-methyl/N-ethyl adjacent to an activating group) is 1. The van der Waals surface area contributed by atoms with Crippen LogP contribution in [0.1, 0.15) is 0 Å². The van der Waals surface area contributed by atoms with Crippen molar-refractivity contribution < 1.29 is 13.9 Å². The zero-order valence-electron chi connectivity index (χ0n) is 11.9. The molecule has 1 aromatic rings. The van der Waals surface area contributed by atoms with Gasteiger partial charge in [0.1, 0.15) is 18.2 Å². The molecule has 0 aliphatic carbocycles. The molecule has 20 heavy (non-hydrogen) atoms. The topological polar surface area (TPSA) is 37.0 Å². The molecule has 0 saturated carbocycles. The number of halogens is 1. The summed E-state index contributed by atoms with van der Waals surface area (Å²) in [7, 11) is 3.52. The second kappa shape index (κ2) is 5.46. The molecule has 1 fully saturated rings. The van der Waals surface area contributed by atoms with E-state index in [4.69, 9.17) is 9.47 Å². The predicted molar refractivity (Wildman–Crippen MR) is 76.2 cm³/mol. The van der Waals surface area contributed by atoms with Gasteiger partial charge in [-0.3, -0.25) is 0 Å². The van der Waals surface area contributed by atoms with Crippen molar-refractivity contribution in [1.82, 2.24) is 5.32 Å². The van der Waals surface area contributed by atoms with Gasteiger partial charge in [-0.1, -0.05) is 0 Å². The first-order valence-corrected chi connectivity index (χ1v) is 6.88. The van der Waals surface area contributed by atoms with Crippen LogP contribution in [0.3, 0.4) is 0 Å². The molecule has 2 aliphatic rings. The summed E-state index contributed by atoms with van der Waals surface area (Å²) in [6.45, 7) is 3.84. The lowest BCUT2D eigenvalue weighted by Gasteiger charge is -2.29. The third-order valence-corrected chi connectivity index (χ3v) is 3.87. The van der Waals surface area contributed by atoms with Crippen molar-refractivity contribution in [2.45, 2.75) is 6.23 Å². The lowest BCUT2D eigenvalue weighted by Crippen LogP contribution is -2.43. The van der Waals surface area contributed by atoms with Gasteiger partial charge in [0.05, 0.1) is 11.4 Å². The Bertz CT molecular complexity index is 492. The van der Waals surface area contributed by atoms with Crippen molar-refractivity contribution >= 4 is 11.4 Å². The van der Waals surface area contributed by atoms with E-state index in [2.05, 4.69) is 10.2 Å². The quantitative estimate of drug-likeness (QED) is 0.896.